The summed E-state index contributed by atoms with van der Waals surface area (Å²) in [6.07, 6.45) is 3.09. The summed E-state index contributed by atoms with van der Waals surface area (Å²) in [4.78, 5) is 17.8. The minimum Gasteiger partial charge on any atom is -0.506 e. The van der Waals surface area contributed by atoms with E-state index in [0.717, 1.165) is 17.0 Å². The summed E-state index contributed by atoms with van der Waals surface area (Å²) in [5, 5.41) is 12.9. The second-order valence-electron chi connectivity index (χ2n) is 7.73. The number of carbonyl (C=O) groups is 1. The van der Waals surface area contributed by atoms with E-state index in [2.05, 4.69) is 10.1 Å². The molecule has 2 aromatic heterocycles. The zero-order valence-corrected chi connectivity index (χ0v) is 16.9. The van der Waals surface area contributed by atoms with Gasteiger partial charge in [-0.1, -0.05) is 0 Å². The van der Waals surface area contributed by atoms with Crippen molar-refractivity contribution < 1.29 is 18.7 Å². The zero-order chi connectivity index (χ0) is 22.8. The highest BCUT2D eigenvalue weighted by Crippen LogP contribution is 2.37. The quantitative estimate of drug-likeness (QED) is 0.512. The number of phenols is 1. The van der Waals surface area contributed by atoms with E-state index < -0.39 is 29.4 Å². The van der Waals surface area contributed by atoms with Gasteiger partial charge in [-0.3, -0.25) is 14.5 Å². The van der Waals surface area contributed by atoms with Crippen LogP contribution in [-0.4, -0.2) is 46.4 Å². The van der Waals surface area contributed by atoms with Gasteiger partial charge in [-0.25, -0.2) is 8.78 Å². The number of rotatable bonds is 3. The maximum atomic E-state index is 15.1. The molecule has 4 aromatic rings. The molecule has 32 heavy (non-hydrogen) atoms. The van der Waals surface area contributed by atoms with Gasteiger partial charge in [-0.15, -0.1) is 0 Å². The first kappa shape index (κ1) is 20.2. The molecule has 154 valence electrons. The van der Waals surface area contributed by atoms with E-state index in [1.165, 1.54) is 23.0 Å². The van der Waals surface area contributed by atoms with Crippen molar-refractivity contribution in [2.75, 3.05) is 0 Å². The number of aromatic nitrogens is 3. The number of benzene rings is 2. The van der Waals surface area contributed by atoms with Crippen LogP contribution < -0.4 is 0 Å². The molecule has 0 bridgehead atoms. The maximum Gasteiger partial charge on any atom is 0.255 e. The topological polar surface area (TPSA) is 71.2 Å². The van der Waals surface area contributed by atoms with Crippen molar-refractivity contribution >= 4 is 32.5 Å². The van der Waals surface area contributed by atoms with Crippen LogP contribution in [0, 0.1) is 11.6 Å². The smallest absolute Gasteiger partial charge is 0.255 e. The molecule has 0 saturated carbocycles. The standard InChI is InChI=1S/C22H14B2F2N4O2/c1-29-9-14-12(4-5-18(31)19(14)28-29)11-7-16(25)15(17(26)8-11)10-30-21(32)13-3-2-6-27-20(13)22(30,23)24/h2-9,31H,10H2,1H3. The second-order valence-corrected chi connectivity index (χ2v) is 7.73. The van der Waals surface area contributed by atoms with Gasteiger partial charge in [0.15, 0.2) is 0 Å². The van der Waals surface area contributed by atoms with E-state index in [-0.39, 0.29) is 28.1 Å². The third-order valence-electron chi connectivity index (χ3n) is 5.65. The third kappa shape index (κ3) is 2.90. The van der Waals surface area contributed by atoms with Crippen LogP contribution in [0.2, 0.25) is 0 Å². The van der Waals surface area contributed by atoms with E-state index in [1.54, 1.807) is 25.4 Å². The molecule has 4 radical (unpaired) electrons. The van der Waals surface area contributed by atoms with Gasteiger partial charge in [0.05, 0.1) is 33.5 Å². The van der Waals surface area contributed by atoms with Crippen LogP contribution in [-0.2, 0) is 18.9 Å². The molecular formula is C22H14B2F2N4O2. The van der Waals surface area contributed by atoms with Gasteiger partial charge in [0.2, 0.25) is 0 Å². The fourth-order valence-electron chi connectivity index (χ4n) is 4.07. The molecule has 2 aromatic carbocycles. The minimum absolute atomic E-state index is 0.0372. The van der Waals surface area contributed by atoms with Crippen LogP contribution in [0.15, 0.2) is 48.8 Å². The minimum atomic E-state index is -1.80. The van der Waals surface area contributed by atoms with Gasteiger partial charge >= 0.3 is 0 Å². The van der Waals surface area contributed by atoms with Gasteiger partial charge in [-0.2, -0.15) is 5.10 Å². The molecule has 0 unspecified atom stereocenters. The lowest BCUT2D eigenvalue weighted by atomic mass is 9.59. The molecule has 5 rings (SSSR count). The Bertz CT molecular complexity index is 1400. The van der Waals surface area contributed by atoms with Crippen LogP contribution in [0.3, 0.4) is 0 Å². The normalized spacial score (nSPS) is 14.8. The Morgan fingerprint density at radius 1 is 1.12 bits per heavy atom. The maximum absolute atomic E-state index is 15.1. The summed E-state index contributed by atoms with van der Waals surface area (Å²) >= 11 is 0. The van der Waals surface area contributed by atoms with Crippen molar-refractivity contribution in [3.63, 3.8) is 0 Å². The largest absolute Gasteiger partial charge is 0.506 e. The summed E-state index contributed by atoms with van der Waals surface area (Å²) in [6, 6.07) is 8.38. The Morgan fingerprint density at radius 3 is 2.53 bits per heavy atom. The first-order valence-corrected chi connectivity index (χ1v) is 9.67. The number of phenolic OH excluding ortho intramolecular Hbond substituents is 1. The van der Waals surface area contributed by atoms with Crippen LogP contribution in [0.5, 0.6) is 5.75 Å². The average Bonchev–Trinajstić information content (AvgIpc) is 3.22. The van der Waals surface area contributed by atoms with E-state index in [1.807, 2.05) is 0 Å². The van der Waals surface area contributed by atoms with E-state index in [0.29, 0.717) is 16.5 Å². The van der Waals surface area contributed by atoms with E-state index in [4.69, 9.17) is 15.7 Å². The average molecular weight is 426 g/mol. The van der Waals surface area contributed by atoms with Crippen molar-refractivity contribution in [3.05, 3.63) is 77.2 Å². The summed E-state index contributed by atoms with van der Waals surface area (Å²) in [7, 11) is 13.9. The summed E-state index contributed by atoms with van der Waals surface area (Å²) < 4.78 is 31.7. The SMILES string of the molecule is [B]C1([B])c2ncccc2C(=O)N1Cc1c(F)cc(-c2ccc(O)c3nn(C)cc23)cc1F. The Kier molecular flexibility index (Phi) is 4.37. The van der Waals surface area contributed by atoms with Gasteiger partial charge in [0.1, 0.15) is 22.9 Å². The fraction of sp³-hybridized carbons (Fsp3) is 0.136. The van der Waals surface area contributed by atoms with Crippen molar-refractivity contribution in [2.24, 2.45) is 7.05 Å². The second kappa shape index (κ2) is 6.91. The molecule has 0 fully saturated rings. The number of pyridine rings is 1. The summed E-state index contributed by atoms with van der Waals surface area (Å²) in [5.74, 6) is -2.32. The van der Waals surface area contributed by atoms with E-state index >= 15 is 8.78 Å². The van der Waals surface area contributed by atoms with Gasteiger partial charge in [0.25, 0.3) is 5.91 Å². The molecule has 10 heteroatoms. The number of aromatic hydroxyl groups is 1. The Hall–Kier alpha value is -3.68. The number of hydrogen-bond acceptors (Lipinski definition) is 4. The van der Waals surface area contributed by atoms with Crippen molar-refractivity contribution in [3.8, 4) is 16.9 Å². The van der Waals surface area contributed by atoms with Gasteiger partial charge < -0.3 is 10.0 Å². The molecule has 0 atom stereocenters. The predicted molar refractivity (Wildman–Crippen MR) is 115 cm³/mol. The zero-order valence-electron chi connectivity index (χ0n) is 16.9. The predicted octanol–water partition coefficient (Wildman–Crippen LogP) is 2.72. The van der Waals surface area contributed by atoms with Gasteiger partial charge in [0, 0.05) is 35.7 Å². The molecule has 0 saturated heterocycles. The van der Waals surface area contributed by atoms with E-state index in [9.17, 15) is 9.90 Å². The molecule has 1 amide bonds. The number of aryl methyl sites for hydroxylation is 1. The highest BCUT2D eigenvalue weighted by Gasteiger charge is 2.43. The molecule has 3 heterocycles. The van der Waals surface area contributed by atoms with Crippen LogP contribution >= 0.6 is 0 Å². The molecule has 1 aliphatic heterocycles. The van der Waals surface area contributed by atoms with Crippen molar-refractivity contribution in [1.29, 1.82) is 0 Å². The number of nitrogens with zero attached hydrogens (tertiary/aromatic N) is 4. The number of amides is 1. The number of hydrogen-bond donors (Lipinski definition) is 1. The third-order valence-corrected chi connectivity index (χ3v) is 5.65. The van der Waals surface area contributed by atoms with Crippen molar-refractivity contribution in [2.45, 2.75) is 11.9 Å². The molecule has 6 nitrogen and oxygen atoms in total. The van der Waals surface area contributed by atoms with Crippen LogP contribution in [0.1, 0.15) is 21.6 Å². The lowest BCUT2D eigenvalue weighted by Crippen LogP contribution is -2.45. The molecule has 0 aliphatic carbocycles. The Morgan fingerprint density at radius 2 is 1.84 bits per heavy atom. The Balaban J connectivity index is 1.55. The lowest BCUT2D eigenvalue weighted by molar-refractivity contribution is 0.0727. The molecule has 1 N–H and O–H groups in total. The number of fused-ring (bicyclic) bond motifs is 2. The lowest BCUT2D eigenvalue weighted by Gasteiger charge is -2.33. The molecule has 0 spiro atoms. The van der Waals surface area contributed by atoms with Crippen molar-refractivity contribution in [1.82, 2.24) is 19.7 Å². The van der Waals surface area contributed by atoms with Crippen LogP contribution in [0.4, 0.5) is 8.78 Å². The first-order chi connectivity index (χ1) is 15.2. The summed E-state index contributed by atoms with van der Waals surface area (Å²) in [6.45, 7) is -0.474. The highest BCUT2D eigenvalue weighted by molar-refractivity contribution is 6.42. The highest BCUT2D eigenvalue weighted by atomic mass is 19.1. The molecular weight excluding hydrogens is 412 g/mol. The monoisotopic (exact) mass is 426 g/mol. The molecule has 1 aliphatic rings. The Labute approximate surface area is 184 Å². The number of halogens is 2. The fourth-order valence-corrected chi connectivity index (χ4v) is 4.07. The first-order valence-electron chi connectivity index (χ1n) is 9.67. The van der Waals surface area contributed by atoms with Gasteiger partial charge in [-0.05, 0) is 47.5 Å². The summed E-state index contributed by atoms with van der Waals surface area (Å²) in [5.41, 5.74) is 1.06. The van der Waals surface area contributed by atoms with Crippen LogP contribution in [0.25, 0.3) is 22.0 Å². The number of carbonyl (C=O) groups excluding carboxylic acids is 1.